The molecule has 0 aliphatic heterocycles. The third-order valence-electron chi connectivity index (χ3n) is 2.87. The van der Waals surface area contributed by atoms with E-state index in [1.54, 1.807) is 0 Å². The molecule has 0 bridgehead atoms. The summed E-state index contributed by atoms with van der Waals surface area (Å²) in [6.45, 7) is 5.29. The number of hydrogen-bond donors (Lipinski definition) is 1. The van der Waals surface area contributed by atoms with Crippen molar-refractivity contribution in [3.05, 3.63) is 64.7 Å². The average Bonchev–Trinajstić information content (AvgIpc) is 2.35. The summed E-state index contributed by atoms with van der Waals surface area (Å²) in [5.74, 6) is 0.874. The second kappa shape index (κ2) is 5.69. The second-order valence-corrected chi connectivity index (χ2v) is 4.60. The second-order valence-electron chi connectivity index (χ2n) is 4.60. The monoisotopic (exact) mass is 241 g/mol. The lowest BCUT2D eigenvalue weighted by atomic mass is 10.1. The van der Waals surface area contributed by atoms with Gasteiger partial charge < -0.3 is 10.5 Å². The van der Waals surface area contributed by atoms with E-state index in [0.717, 1.165) is 11.3 Å². The van der Waals surface area contributed by atoms with E-state index >= 15 is 0 Å². The van der Waals surface area contributed by atoms with Gasteiger partial charge in [-0.2, -0.15) is 0 Å². The van der Waals surface area contributed by atoms with Crippen molar-refractivity contribution >= 4 is 0 Å². The van der Waals surface area contributed by atoms with Crippen molar-refractivity contribution in [1.82, 2.24) is 0 Å². The predicted octanol–water partition coefficient (Wildman–Crippen LogP) is 3.34. The highest BCUT2D eigenvalue weighted by atomic mass is 16.5. The number of rotatable bonds is 4. The van der Waals surface area contributed by atoms with Crippen LogP contribution in [-0.2, 0) is 13.2 Å². The zero-order valence-corrected chi connectivity index (χ0v) is 10.9. The third-order valence-corrected chi connectivity index (χ3v) is 2.87. The van der Waals surface area contributed by atoms with Crippen molar-refractivity contribution in [1.29, 1.82) is 0 Å². The molecule has 0 atom stereocenters. The fourth-order valence-corrected chi connectivity index (χ4v) is 2.13. The lowest BCUT2D eigenvalue weighted by molar-refractivity contribution is 0.303. The lowest BCUT2D eigenvalue weighted by Crippen LogP contribution is -2.02. The molecule has 0 heterocycles. The van der Waals surface area contributed by atoms with Crippen LogP contribution < -0.4 is 10.5 Å². The summed E-state index contributed by atoms with van der Waals surface area (Å²) in [7, 11) is 0. The van der Waals surface area contributed by atoms with Gasteiger partial charge in [-0.15, -0.1) is 0 Å². The first-order valence-corrected chi connectivity index (χ1v) is 6.17. The summed E-state index contributed by atoms with van der Waals surface area (Å²) in [6, 6.07) is 14.4. The number of ether oxygens (including phenoxy) is 1. The van der Waals surface area contributed by atoms with E-state index in [4.69, 9.17) is 10.5 Å². The van der Waals surface area contributed by atoms with Gasteiger partial charge in [-0.3, -0.25) is 0 Å². The molecule has 2 heteroatoms. The van der Waals surface area contributed by atoms with Crippen LogP contribution in [-0.4, -0.2) is 0 Å². The van der Waals surface area contributed by atoms with E-state index in [-0.39, 0.29) is 0 Å². The van der Waals surface area contributed by atoms with Crippen LogP contribution in [0.2, 0.25) is 0 Å². The van der Waals surface area contributed by atoms with Crippen LogP contribution in [0.3, 0.4) is 0 Å². The Balaban J connectivity index is 2.11. The van der Waals surface area contributed by atoms with Crippen LogP contribution in [0.25, 0.3) is 0 Å². The van der Waals surface area contributed by atoms with Crippen LogP contribution >= 0.6 is 0 Å². The maximum absolute atomic E-state index is 5.84. The Morgan fingerprint density at radius 1 is 1.00 bits per heavy atom. The Morgan fingerprint density at radius 3 is 2.33 bits per heavy atom. The van der Waals surface area contributed by atoms with Crippen LogP contribution in [0.15, 0.2) is 42.5 Å². The van der Waals surface area contributed by atoms with Gasteiger partial charge in [-0.05, 0) is 25.5 Å². The van der Waals surface area contributed by atoms with Crippen molar-refractivity contribution in [3.8, 4) is 5.75 Å². The van der Waals surface area contributed by atoms with Crippen LogP contribution in [0.4, 0.5) is 0 Å². The van der Waals surface area contributed by atoms with Gasteiger partial charge >= 0.3 is 0 Å². The van der Waals surface area contributed by atoms with Gasteiger partial charge in [0.1, 0.15) is 12.4 Å². The minimum absolute atomic E-state index is 0.503. The van der Waals surface area contributed by atoms with Crippen molar-refractivity contribution in [2.24, 2.45) is 5.73 Å². The molecule has 0 saturated heterocycles. The molecule has 0 aliphatic carbocycles. The SMILES string of the molecule is Cc1cc(C)cc(COc2ccccc2CN)c1. The Bertz CT molecular complexity index is 514. The fourth-order valence-electron chi connectivity index (χ4n) is 2.13. The Kier molecular flexibility index (Phi) is 4.00. The molecule has 0 aliphatic rings. The van der Waals surface area contributed by atoms with Crippen LogP contribution in [0.5, 0.6) is 5.75 Å². The van der Waals surface area contributed by atoms with Crippen LogP contribution in [0, 0.1) is 13.8 Å². The molecule has 0 aromatic heterocycles. The Labute approximate surface area is 108 Å². The first-order valence-electron chi connectivity index (χ1n) is 6.17. The maximum atomic E-state index is 5.84. The van der Waals surface area contributed by atoms with E-state index in [1.165, 1.54) is 16.7 Å². The molecule has 0 amide bonds. The van der Waals surface area contributed by atoms with E-state index in [9.17, 15) is 0 Å². The third kappa shape index (κ3) is 3.11. The van der Waals surface area contributed by atoms with E-state index in [2.05, 4.69) is 32.0 Å². The molecular weight excluding hydrogens is 222 g/mol. The highest BCUT2D eigenvalue weighted by Crippen LogP contribution is 2.19. The summed E-state index contributed by atoms with van der Waals surface area (Å²) < 4.78 is 5.84. The molecule has 0 unspecified atom stereocenters. The zero-order chi connectivity index (χ0) is 13.0. The number of para-hydroxylation sites is 1. The molecule has 2 nitrogen and oxygen atoms in total. The maximum Gasteiger partial charge on any atom is 0.124 e. The molecule has 0 spiro atoms. The minimum atomic E-state index is 0.503. The normalized spacial score (nSPS) is 10.4. The minimum Gasteiger partial charge on any atom is -0.489 e. The van der Waals surface area contributed by atoms with Gasteiger partial charge in [-0.25, -0.2) is 0 Å². The molecule has 0 saturated carbocycles. The van der Waals surface area contributed by atoms with Gasteiger partial charge in [0.05, 0.1) is 0 Å². The fraction of sp³-hybridized carbons (Fsp3) is 0.250. The molecule has 18 heavy (non-hydrogen) atoms. The molecule has 2 aromatic carbocycles. The average molecular weight is 241 g/mol. The molecule has 94 valence electrons. The molecule has 2 aromatic rings. The largest absolute Gasteiger partial charge is 0.489 e. The molecular formula is C16H19NO. The summed E-state index contributed by atoms with van der Waals surface area (Å²) in [4.78, 5) is 0. The first-order chi connectivity index (χ1) is 8.69. The topological polar surface area (TPSA) is 35.2 Å². The smallest absolute Gasteiger partial charge is 0.124 e. The number of hydrogen-bond acceptors (Lipinski definition) is 2. The first kappa shape index (κ1) is 12.7. The molecule has 0 radical (unpaired) electrons. The lowest BCUT2D eigenvalue weighted by Gasteiger charge is -2.11. The van der Waals surface area contributed by atoms with E-state index in [0.29, 0.717) is 13.2 Å². The molecule has 0 fully saturated rings. The van der Waals surface area contributed by atoms with Crippen molar-refractivity contribution in [3.63, 3.8) is 0 Å². The quantitative estimate of drug-likeness (QED) is 0.891. The zero-order valence-electron chi connectivity index (χ0n) is 10.9. The van der Waals surface area contributed by atoms with Gasteiger partial charge in [0.15, 0.2) is 0 Å². The summed E-state index contributed by atoms with van der Waals surface area (Å²) >= 11 is 0. The Morgan fingerprint density at radius 2 is 1.67 bits per heavy atom. The van der Waals surface area contributed by atoms with Gasteiger partial charge in [0.25, 0.3) is 0 Å². The number of benzene rings is 2. The van der Waals surface area contributed by atoms with Gasteiger partial charge in [-0.1, -0.05) is 47.5 Å². The standard InChI is InChI=1S/C16H19NO/c1-12-7-13(2)9-14(8-12)11-18-16-6-4-3-5-15(16)10-17/h3-9H,10-11,17H2,1-2H3. The Hall–Kier alpha value is -1.80. The summed E-state index contributed by atoms with van der Waals surface area (Å²) in [5, 5.41) is 0. The highest BCUT2D eigenvalue weighted by Gasteiger charge is 2.02. The molecule has 2 N–H and O–H groups in total. The summed E-state index contributed by atoms with van der Waals surface area (Å²) in [6.07, 6.45) is 0. The highest BCUT2D eigenvalue weighted by molar-refractivity contribution is 5.34. The summed E-state index contributed by atoms with van der Waals surface area (Å²) in [5.41, 5.74) is 10.5. The van der Waals surface area contributed by atoms with Gasteiger partial charge in [0, 0.05) is 12.1 Å². The van der Waals surface area contributed by atoms with Crippen molar-refractivity contribution < 1.29 is 4.74 Å². The van der Waals surface area contributed by atoms with Crippen molar-refractivity contribution in [2.75, 3.05) is 0 Å². The van der Waals surface area contributed by atoms with Crippen molar-refractivity contribution in [2.45, 2.75) is 27.0 Å². The van der Waals surface area contributed by atoms with Gasteiger partial charge in [0.2, 0.25) is 0 Å². The van der Waals surface area contributed by atoms with E-state index in [1.807, 2.05) is 24.3 Å². The van der Waals surface area contributed by atoms with E-state index < -0.39 is 0 Å². The molecule has 2 rings (SSSR count). The van der Waals surface area contributed by atoms with Crippen LogP contribution in [0.1, 0.15) is 22.3 Å². The number of aryl methyl sites for hydroxylation is 2. The predicted molar refractivity (Wildman–Crippen MR) is 74.6 cm³/mol. The number of nitrogens with two attached hydrogens (primary N) is 1.